The minimum atomic E-state index is 0.796. The SMILES string of the molecule is CN1CCN(C2=NCc3ccccc3N2)CC1. The van der Waals surface area contributed by atoms with E-state index in [1.807, 2.05) is 0 Å². The third-order valence-corrected chi connectivity index (χ3v) is 3.47. The summed E-state index contributed by atoms with van der Waals surface area (Å²) in [5.41, 5.74) is 2.49. The van der Waals surface area contributed by atoms with Gasteiger partial charge in [-0.05, 0) is 18.7 Å². The van der Waals surface area contributed by atoms with Crippen LogP contribution in [0.1, 0.15) is 5.56 Å². The van der Waals surface area contributed by atoms with Crippen LogP contribution >= 0.6 is 0 Å². The smallest absolute Gasteiger partial charge is 0.198 e. The lowest BCUT2D eigenvalue weighted by molar-refractivity contribution is 0.214. The van der Waals surface area contributed by atoms with Crippen LogP contribution in [0.15, 0.2) is 29.3 Å². The van der Waals surface area contributed by atoms with Gasteiger partial charge in [0.05, 0.1) is 6.54 Å². The number of hydrogen-bond acceptors (Lipinski definition) is 4. The molecular formula is C13H18N4. The van der Waals surface area contributed by atoms with Gasteiger partial charge in [0.2, 0.25) is 0 Å². The van der Waals surface area contributed by atoms with Crippen LogP contribution in [0.4, 0.5) is 5.69 Å². The van der Waals surface area contributed by atoms with E-state index in [1.54, 1.807) is 0 Å². The molecule has 4 nitrogen and oxygen atoms in total. The van der Waals surface area contributed by atoms with Gasteiger partial charge < -0.3 is 15.1 Å². The van der Waals surface area contributed by atoms with Crippen molar-refractivity contribution in [2.45, 2.75) is 6.54 Å². The van der Waals surface area contributed by atoms with Gasteiger partial charge >= 0.3 is 0 Å². The number of para-hydroxylation sites is 1. The first-order valence-electron chi connectivity index (χ1n) is 6.16. The van der Waals surface area contributed by atoms with E-state index in [1.165, 1.54) is 11.3 Å². The molecule has 2 aliphatic rings. The molecule has 0 bridgehead atoms. The highest BCUT2D eigenvalue weighted by Gasteiger charge is 2.20. The minimum absolute atomic E-state index is 0.796. The number of nitrogens with one attached hydrogen (secondary N) is 1. The van der Waals surface area contributed by atoms with E-state index in [2.05, 4.69) is 51.4 Å². The molecule has 4 heteroatoms. The van der Waals surface area contributed by atoms with Crippen molar-refractivity contribution in [2.75, 3.05) is 38.5 Å². The fraction of sp³-hybridized carbons (Fsp3) is 0.462. The Morgan fingerprint density at radius 2 is 1.88 bits per heavy atom. The Balaban J connectivity index is 1.73. The van der Waals surface area contributed by atoms with Crippen molar-refractivity contribution < 1.29 is 0 Å². The Kier molecular flexibility index (Phi) is 2.73. The normalized spacial score (nSPS) is 20.5. The Morgan fingerprint density at radius 1 is 1.12 bits per heavy atom. The average Bonchev–Trinajstić information content (AvgIpc) is 2.39. The Hall–Kier alpha value is -1.55. The lowest BCUT2D eigenvalue weighted by Gasteiger charge is -2.36. The van der Waals surface area contributed by atoms with Gasteiger partial charge in [0.25, 0.3) is 0 Å². The van der Waals surface area contributed by atoms with Gasteiger partial charge in [-0.15, -0.1) is 0 Å². The van der Waals surface area contributed by atoms with Crippen LogP contribution in [0, 0.1) is 0 Å². The molecule has 3 rings (SSSR count). The second-order valence-corrected chi connectivity index (χ2v) is 4.71. The van der Waals surface area contributed by atoms with E-state index >= 15 is 0 Å². The first-order valence-corrected chi connectivity index (χ1v) is 6.16. The van der Waals surface area contributed by atoms with E-state index in [-0.39, 0.29) is 0 Å². The van der Waals surface area contributed by atoms with Crippen molar-refractivity contribution in [3.05, 3.63) is 29.8 Å². The number of hydrogen-bond donors (Lipinski definition) is 1. The van der Waals surface area contributed by atoms with Crippen LogP contribution in [-0.2, 0) is 6.54 Å². The monoisotopic (exact) mass is 230 g/mol. The molecule has 1 aromatic carbocycles. The Morgan fingerprint density at radius 3 is 2.71 bits per heavy atom. The first kappa shape index (κ1) is 10.6. The average molecular weight is 230 g/mol. The molecule has 0 radical (unpaired) electrons. The van der Waals surface area contributed by atoms with Gasteiger partial charge in [-0.2, -0.15) is 0 Å². The van der Waals surface area contributed by atoms with Gasteiger partial charge in [-0.3, -0.25) is 0 Å². The first-order chi connectivity index (χ1) is 8.33. The van der Waals surface area contributed by atoms with Gasteiger partial charge in [-0.25, -0.2) is 4.99 Å². The van der Waals surface area contributed by atoms with Crippen molar-refractivity contribution in [1.29, 1.82) is 0 Å². The maximum atomic E-state index is 4.63. The maximum absolute atomic E-state index is 4.63. The van der Waals surface area contributed by atoms with E-state index in [0.717, 1.165) is 38.7 Å². The van der Waals surface area contributed by atoms with Gasteiger partial charge in [0.15, 0.2) is 5.96 Å². The molecule has 0 spiro atoms. The second kappa shape index (κ2) is 4.37. The van der Waals surface area contributed by atoms with E-state index in [9.17, 15) is 0 Å². The summed E-state index contributed by atoms with van der Waals surface area (Å²) in [6.45, 7) is 5.14. The molecule has 1 N–H and O–H groups in total. The van der Waals surface area contributed by atoms with Crippen LogP contribution < -0.4 is 5.32 Å². The number of anilines is 1. The number of guanidine groups is 1. The highest BCUT2D eigenvalue weighted by atomic mass is 15.3. The van der Waals surface area contributed by atoms with Gasteiger partial charge in [0, 0.05) is 31.9 Å². The van der Waals surface area contributed by atoms with Crippen LogP contribution in [0.3, 0.4) is 0 Å². The zero-order chi connectivity index (χ0) is 11.7. The molecule has 1 fully saturated rings. The maximum Gasteiger partial charge on any atom is 0.198 e. The zero-order valence-electron chi connectivity index (χ0n) is 10.2. The number of nitrogens with zero attached hydrogens (tertiary/aromatic N) is 3. The molecule has 17 heavy (non-hydrogen) atoms. The standard InChI is InChI=1S/C13H18N4/c1-16-6-8-17(9-7-16)13-14-10-11-4-2-3-5-12(11)15-13/h2-5H,6-10H2,1H3,(H,14,15). The number of aliphatic imine (C=N–C) groups is 1. The lowest BCUT2D eigenvalue weighted by Crippen LogP contribution is -2.49. The van der Waals surface area contributed by atoms with Crippen LogP contribution in [0.25, 0.3) is 0 Å². The summed E-state index contributed by atoms with van der Waals surface area (Å²) in [6.07, 6.45) is 0. The number of fused-ring (bicyclic) bond motifs is 1. The predicted octanol–water partition coefficient (Wildman–Crippen LogP) is 1.22. The Bertz CT molecular complexity index is 433. The van der Waals surface area contributed by atoms with E-state index in [4.69, 9.17) is 0 Å². The third-order valence-electron chi connectivity index (χ3n) is 3.47. The summed E-state index contributed by atoms with van der Waals surface area (Å²) in [4.78, 5) is 9.33. The summed E-state index contributed by atoms with van der Waals surface area (Å²) >= 11 is 0. The van der Waals surface area contributed by atoms with Gasteiger partial charge in [-0.1, -0.05) is 18.2 Å². The number of likely N-dealkylation sites (N-methyl/N-ethyl adjacent to an activating group) is 1. The molecule has 2 aliphatic heterocycles. The summed E-state index contributed by atoms with van der Waals surface area (Å²) in [5.74, 6) is 1.04. The molecular weight excluding hydrogens is 212 g/mol. The fourth-order valence-electron chi connectivity index (χ4n) is 2.30. The molecule has 1 aromatic rings. The van der Waals surface area contributed by atoms with Crippen LogP contribution in [0.5, 0.6) is 0 Å². The minimum Gasteiger partial charge on any atom is -0.340 e. The largest absolute Gasteiger partial charge is 0.340 e. The van der Waals surface area contributed by atoms with Crippen LogP contribution in [-0.4, -0.2) is 49.0 Å². The molecule has 0 aliphatic carbocycles. The van der Waals surface area contributed by atoms with Crippen molar-refractivity contribution in [2.24, 2.45) is 4.99 Å². The predicted molar refractivity (Wildman–Crippen MR) is 70.3 cm³/mol. The highest BCUT2D eigenvalue weighted by molar-refractivity contribution is 5.95. The zero-order valence-corrected chi connectivity index (χ0v) is 10.2. The summed E-state index contributed by atoms with van der Waals surface area (Å²) in [7, 11) is 2.17. The number of piperazine rings is 1. The number of benzene rings is 1. The van der Waals surface area contributed by atoms with Crippen LogP contribution in [0.2, 0.25) is 0 Å². The van der Waals surface area contributed by atoms with Crippen molar-refractivity contribution >= 4 is 11.6 Å². The topological polar surface area (TPSA) is 30.9 Å². The molecule has 1 saturated heterocycles. The summed E-state index contributed by atoms with van der Waals surface area (Å²) in [6, 6.07) is 8.39. The van der Waals surface area contributed by atoms with Crippen molar-refractivity contribution in [3.8, 4) is 0 Å². The lowest BCUT2D eigenvalue weighted by atomic mass is 10.1. The summed E-state index contributed by atoms with van der Waals surface area (Å²) < 4.78 is 0. The second-order valence-electron chi connectivity index (χ2n) is 4.71. The summed E-state index contributed by atoms with van der Waals surface area (Å²) in [5, 5.41) is 3.44. The molecule has 0 unspecified atom stereocenters. The molecule has 0 amide bonds. The third kappa shape index (κ3) is 2.13. The van der Waals surface area contributed by atoms with Crippen molar-refractivity contribution in [3.63, 3.8) is 0 Å². The quantitative estimate of drug-likeness (QED) is 0.727. The fourth-order valence-corrected chi connectivity index (χ4v) is 2.30. The van der Waals surface area contributed by atoms with Gasteiger partial charge in [0.1, 0.15) is 0 Å². The molecule has 0 atom stereocenters. The van der Waals surface area contributed by atoms with E-state index < -0.39 is 0 Å². The van der Waals surface area contributed by atoms with Crippen molar-refractivity contribution in [1.82, 2.24) is 9.80 Å². The Labute approximate surface area is 102 Å². The molecule has 2 heterocycles. The molecule has 0 aromatic heterocycles. The molecule has 0 saturated carbocycles. The number of rotatable bonds is 0. The molecule has 90 valence electrons. The highest BCUT2D eigenvalue weighted by Crippen LogP contribution is 2.20. The van der Waals surface area contributed by atoms with E-state index in [0.29, 0.717) is 0 Å².